The van der Waals surface area contributed by atoms with Gasteiger partial charge < -0.3 is 14.6 Å². The number of ether oxygens (including phenoxy) is 1. The van der Waals surface area contributed by atoms with Gasteiger partial charge in [0, 0.05) is 11.8 Å². The maximum atomic E-state index is 13.8. The molecule has 2 aromatic carbocycles. The van der Waals surface area contributed by atoms with E-state index in [4.69, 9.17) is 9.26 Å². The van der Waals surface area contributed by atoms with Crippen LogP contribution in [0.1, 0.15) is 27.4 Å². The van der Waals surface area contributed by atoms with Crippen molar-refractivity contribution in [2.45, 2.75) is 20.1 Å². The van der Waals surface area contributed by atoms with Crippen molar-refractivity contribution in [2.75, 3.05) is 5.32 Å². The molecule has 1 N–H and O–H groups in total. The van der Waals surface area contributed by atoms with Crippen molar-refractivity contribution in [2.24, 2.45) is 0 Å². The molecular formula is C22H18F2N4O3. The minimum atomic E-state index is -0.533. The Labute approximate surface area is 176 Å². The van der Waals surface area contributed by atoms with E-state index in [2.05, 4.69) is 15.6 Å². The number of aromatic nitrogens is 3. The van der Waals surface area contributed by atoms with Gasteiger partial charge in [-0.2, -0.15) is 5.10 Å². The number of amides is 1. The number of nitrogens with one attached hydrogen (secondary N) is 1. The van der Waals surface area contributed by atoms with Crippen molar-refractivity contribution in [3.05, 3.63) is 95.1 Å². The van der Waals surface area contributed by atoms with Gasteiger partial charge in [0.1, 0.15) is 18.2 Å². The molecule has 7 nitrogen and oxygen atoms in total. The normalized spacial score (nSPS) is 10.8. The monoisotopic (exact) mass is 424 g/mol. The van der Waals surface area contributed by atoms with E-state index >= 15 is 0 Å². The smallest absolute Gasteiger partial charge is 0.278 e. The van der Waals surface area contributed by atoms with Gasteiger partial charge in [0.05, 0.1) is 24.0 Å². The predicted octanol–water partition coefficient (Wildman–Crippen LogP) is 4.34. The first-order valence-corrected chi connectivity index (χ1v) is 9.41. The molecule has 31 heavy (non-hydrogen) atoms. The SMILES string of the molecule is Cc1onc(C(=O)Nc2cnn(Cc3ccccc3F)c2)c1COc1ccccc1F. The van der Waals surface area contributed by atoms with E-state index in [9.17, 15) is 13.6 Å². The highest BCUT2D eigenvalue weighted by molar-refractivity contribution is 6.03. The van der Waals surface area contributed by atoms with Gasteiger partial charge in [-0.15, -0.1) is 0 Å². The summed E-state index contributed by atoms with van der Waals surface area (Å²) in [6, 6.07) is 12.4. The number of anilines is 1. The molecule has 0 aliphatic rings. The molecule has 1 amide bonds. The van der Waals surface area contributed by atoms with E-state index in [0.717, 1.165) is 0 Å². The third-order valence-electron chi connectivity index (χ3n) is 4.59. The predicted molar refractivity (Wildman–Crippen MR) is 108 cm³/mol. The average Bonchev–Trinajstić information content (AvgIpc) is 3.35. The number of halogens is 2. The van der Waals surface area contributed by atoms with E-state index in [1.165, 1.54) is 29.1 Å². The van der Waals surface area contributed by atoms with Gasteiger partial charge in [0.2, 0.25) is 0 Å². The number of carbonyl (C=O) groups is 1. The van der Waals surface area contributed by atoms with Gasteiger partial charge in [0.15, 0.2) is 17.3 Å². The second kappa shape index (κ2) is 8.78. The van der Waals surface area contributed by atoms with E-state index < -0.39 is 11.7 Å². The Balaban J connectivity index is 1.44. The zero-order valence-electron chi connectivity index (χ0n) is 16.5. The number of aryl methyl sites for hydroxylation is 1. The van der Waals surface area contributed by atoms with E-state index in [1.807, 2.05) is 0 Å². The largest absolute Gasteiger partial charge is 0.486 e. The van der Waals surface area contributed by atoms with Gasteiger partial charge >= 0.3 is 0 Å². The first-order valence-electron chi connectivity index (χ1n) is 9.41. The first-order chi connectivity index (χ1) is 15.0. The Kier molecular flexibility index (Phi) is 5.74. The van der Waals surface area contributed by atoms with Crippen LogP contribution in [0.5, 0.6) is 5.75 Å². The number of hydrogen-bond donors (Lipinski definition) is 1. The summed E-state index contributed by atoms with van der Waals surface area (Å²) >= 11 is 0. The molecule has 0 bridgehead atoms. The second-order valence-corrected chi connectivity index (χ2v) is 6.76. The average molecular weight is 424 g/mol. The molecule has 9 heteroatoms. The van der Waals surface area contributed by atoms with Gasteiger partial charge in [-0.1, -0.05) is 35.5 Å². The highest BCUT2D eigenvalue weighted by Gasteiger charge is 2.21. The second-order valence-electron chi connectivity index (χ2n) is 6.76. The minimum absolute atomic E-state index is 0.0238. The molecule has 4 aromatic rings. The van der Waals surface area contributed by atoms with Crippen LogP contribution in [0.4, 0.5) is 14.5 Å². The molecule has 0 saturated heterocycles. The molecule has 0 aliphatic heterocycles. The van der Waals surface area contributed by atoms with Crippen LogP contribution in [-0.4, -0.2) is 20.8 Å². The van der Waals surface area contributed by atoms with Crippen LogP contribution in [0, 0.1) is 18.6 Å². The molecule has 0 radical (unpaired) electrons. The summed E-state index contributed by atoms with van der Waals surface area (Å²) in [6.45, 7) is 1.76. The summed E-state index contributed by atoms with van der Waals surface area (Å²) in [7, 11) is 0. The van der Waals surface area contributed by atoms with Crippen molar-refractivity contribution in [1.29, 1.82) is 0 Å². The molecule has 0 spiro atoms. The molecule has 4 rings (SSSR count). The van der Waals surface area contributed by atoms with Crippen molar-refractivity contribution < 1.29 is 22.8 Å². The van der Waals surface area contributed by atoms with Gasteiger partial charge in [-0.25, -0.2) is 8.78 Å². The van der Waals surface area contributed by atoms with Crippen molar-refractivity contribution >= 4 is 11.6 Å². The summed E-state index contributed by atoms with van der Waals surface area (Å²) in [5, 5.41) is 10.6. The number of benzene rings is 2. The van der Waals surface area contributed by atoms with Gasteiger partial charge in [0.25, 0.3) is 5.91 Å². The van der Waals surface area contributed by atoms with Crippen LogP contribution >= 0.6 is 0 Å². The summed E-state index contributed by atoms with van der Waals surface area (Å²) in [4.78, 5) is 12.7. The van der Waals surface area contributed by atoms with Gasteiger partial charge in [-0.05, 0) is 25.1 Å². The van der Waals surface area contributed by atoms with E-state index in [-0.39, 0.29) is 30.4 Å². The zero-order chi connectivity index (χ0) is 21.8. The Morgan fingerprint density at radius 1 is 1.13 bits per heavy atom. The maximum Gasteiger partial charge on any atom is 0.278 e. The first kappa shape index (κ1) is 20.3. The summed E-state index contributed by atoms with van der Waals surface area (Å²) < 4.78 is 39.7. The summed E-state index contributed by atoms with van der Waals surface area (Å²) in [6.07, 6.45) is 3.02. The quantitative estimate of drug-likeness (QED) is 0.477. The fourth-order valence-corrected chi connectivity index (χ4v) is 2.96. The van der Waals surface area contributed by atoms with Crippen molar-refractivity contribution in [3.63, 3.8) is 0 Å². The highest BCUT2D eigenvalue weighted by atomic mass is 19.1. The summed E-state index contributed by atoms with van der Waals surface area (Å²) in [5.74, 6) is -0.930. The lowest BCUT2D eigenvalue weighted by Crippen LogP contribution is -2.15. The number of para-hydroxylation sites is 1. The van der Waals surface area contributed by atoms with Crippen LogP contribution in [0.25, 0.3) is 0 Å². The Hall–Kier alpha value is -4.01. The molecule has 2 heterocycles. The number of rotatable bonds is 7. The molecule has 0 unspecified atom stereocenters. The third kappa shape index (κ3) is 4.61. The van der Waals surface area contributed by atoms with Crippen molar-refractivity contribution in [3.8, 4) is 5.75 Å². The third-order valence-corrected chi connectivity index (χ3v) is 4.59. The van der Waals surface area contributed by atoms with Crippen LogP contribution < -0.4 is 10.1 Å². The Bertz CT molecular complexity index is 1220. The fraction of sp³-hybridized carbons (Fsp3) is 0.136. The molecule has 2 aromatic heterocycles. The lowest BCUT2D eigenvalue weighted by atomic mass is 10.2. The van der Waals surface area contributed by atoms with Gasteiger partial charge in [-0.3, -0.25) is 9.48 Å². The Morgan fingerprint density at radius 3 is 2.65 bits per heavy atom. The Morgan fingerprint density at radius 2 is 1.87 bits per heavy atom. The minimum Gasteiger partial charge on any atom is -0.486 e. The van der Waals surface area contributed by atoms with Crippen LogP contribution in [0.15, 0.2) is 65.4 Å². The zero-order valence-corrected chi connectivity index (χ0v) is 16.5. The molecule has 0 fully saturated rings. The number of carbonyl (C=O) groups excluding carboxylic acids is 1. The van der Waals surface area contributed by atoms with E-state index in [1.54, 1.807) is 43.5 Å². The lowest BCUT2D eigenvalue weighted by Gasteiger charge is -2.07. The topological polar surface area (TPSA) is 82.2 Å². The standard InChI is InChI=1S/C22H18F2N4O3/c1-14-17(13-30-20-9-5-4-8-19(20)24)21(27-31-14)22(29)26-16-10-25-28(12-16)11-15-6-2-3-7-18(15)23/h2-10,12H,11,13H2,1H3,(H,26,29). The molecule has 158 valence electrons. The number of hydrogen-bond acceptors (Lipinski definition) is 5. The highest BCUT2D eigenvalue weighted by Crippen LogP contribution is 2.21. The van der Waals surface area contributed by atoms with Crippen LogP contribution in [-0.2, 0) is 13.2 Å². The maximum absolute atomic E-state index is 13.8. The molecule has 0 saturated carbocycles. The molecule has 0 aliphatic carbocycles. The number of nitrogens with zero attached hydrogens (tertiary/aromatic N) is 3. The summed E-state index contributed by atoms with van der Waals surface area (Å²) in [5.41, 5.74) is 1.31. The van der Waals surface area contributed by atoms with E-state index in [0.29, 0.717) is 22.6 Å². The van der Waals surface area contributed by atoms with Crippen LogP contribution in [0.3, 0.4) is 0 Å². The van der Waals surface area contributed by atoms with Crippen LogP contribution in [0.2, 0.25) is 0 Å². The fourth-order valence-electron chi connectivity index (χ4n) is 2.96. The lowest BCUT2D eigenvalue weighted by molar-refractivity contribution is 0.101. The molecule has 0 atom stereocenters. The van der Waals surface area contributed by atoms with Crippen molar-refractivity contribution in [1.82, 2.24) is 14.9 Å². The molecular weight excluding hydrogens is 406 g/mol.